The fourth-order valence-electron chi connectivity index (χ4n) is 1.77. The van der Waals surface area contributed by atoms with Crippen LogP contribution in [0.1, 0.15) is 18.4 Å². The molecule has 120 valence electrons. The first kappa shape index (κ1) is 18.0. The van der Waals surface area contributed by atoms with Crippen LogP contribution in [0.2, 0.25) is 0 Å². The van der Waals surface area contributed by atoms with Crippen molar-refractivity contribution in [1.29, 1.82) is 0 Å². The molecule has 1 aromatic carbocycles. The molecule has 0 saturated heterocycles. The van der Waals surface area contributed by atoms with E-state index < -0.39 is 26.6 Å². The zero-order valence-corrected chi connectivity index (χ0v) is 12.9. The highest BCUT2D eigenvalue weighted by molar-refractivity contribution is 7.89. The molecule has 0 spiro atoms. The minimum absolute atomic E-state index is 0.142. The number of sulfonamides is 1. The number of halogens is 2. The Kier molecular flexibility index (Phi) is 7.16. The van der Waals surface area contributed by atoms with E-state index in [0.717, 1.165) is 12.1 Å². The van der Waals surface area contributed by atoms with Crippen molar-refractivity contribution in [1.82, 2.24) is 10.0 Å². The van der Waals surface area contributed by atoms with E-state index in [9.17, 15) is 17.2 Å². The molecule has 0 aliphatic rings. The average Bonchev–Trinajstić information content (AvgIpc) is 2.42. The molecule has 1 rings (SSSR count). The molecule has 0 fully saturated rings. The Labute approximate surface area is 123 Å². The third-order valence-electron chi connectivity index (χ3n) is 2.79. The molecule has 0 aliphatic carbocycles. The molecule has 0 aliphatic heterocycles. The highest BCUT2D eigenvalue weighted by atomic mass is 32.2. The second-order valence-electron chi connectivity index (χ2n) is 4.52. The molecule has 0 radical (unpaired) electrons. The Morgan fingerprint density at radius 1 is 1.24 bits per heavy atom. The maximum absolute atomic E-state index is 13.7. The van der Waals surface area contributed by atoms with Gasteiger partial charge in [0.1, 0.15) is 4.90 Å². The van der Waals surface area contributed by atoms with Gasteiger partial charge in [-0.25, -0.2) is 21.9 Å². The molecule has 0 bridgehead atoms. The minimum atomic E-state index is -4.08. The summed E-state index contributed by atoms with van der Waals surface area (Å²) in [5.41, 5.74) is 0.358. The number of unbranched alkanes of at least 4 members (excludes halogenated alkanes) is 1. The van der Waals surface area contributed by atoms with Gasteiger partial charge in [0, 0.05) is 26.8 Å². The molecule has 0 aromatic heterocycles. The summed E-state index contributed by atoms with van der Waals surface area (Å²) in [6.07, 6.45) is 1.23. The van der Waals surface area contributed by atoms with Gasteiger partial charge in [-0.05, 0) is 37.6 Å². The van der Waals surface area contributed by atoms with Gasteiger partial charge in [0.15, 0.2) is 11.6 Å². The third-order valence-corrected chi connectivity index (χ3v) is 4.25. The standard InChI is InChI=1S/C13H20F2N2O3S/c1-16-9-10-7-11(14)13(15)12(8-10)21(18,19)17-5-3-4-6-20-2/h7-8,16-17H,3-6,9H2,1-2H3. The molecule has 0 atom stereocenters. The van der Waals surface area contributed by atoms with Crippen molar-refractivity contribution in [3.63, 3.8) is 0 Å². The number of ether oxygens (including phenoxy) is 1. The second-order valence-corrected chi connectivity index (χ2v) is 6.25. The molecule has 0 saturated carbocycles. The smallest absolute Gasteiger partial charge is 0.243 e. The fourth-order valence-corrected chi connectivity index (χ4v) is 2.98. The number of nitrogens with one attached hydrogen (secondary N) is 2. The van der Waals surface area contributed by atoms with Crippen LogP contribution in [0.5, 0.6) is 0 Å². The van der Waals surface area contributed by atoms with Gasteiger partial charge in [0.05, 0.1) is 0 Å². The summed E-state index contributed by atoms with van der Waals surface area (Å²) in [7, 11) is -0.895. The maximum atomic E-state index is 13.7. The van der Waals surface area contributed by atoms with E-state index in [4.69, 9.17) is 4.74 Å². The average molecular weight is 322 g/mol. The predicted molar refractivity (Wildman–Crippen MR) is 75.4 cm³/mol. The van der Waals surface area contributed by atoms with Crippen LogP contribution in [0.25, 0.3) is 0 Å². The SMILES string of the molecule is CNCc1cc(F)c(F)c(S(=O)(=O)NCCCCOC)c1. The lowest BCUT2D eigenvalue weighted by atomic mass is 10.2. The van der Waals surface area contributed by atoms with E-state index >= 15 is 0 Å². The summed E-state index contributed by atoms with van der Waals surface area (Å²) in [5, 5.41) is 2.76. The monoisotopic (exact) mass is 322 g/mol. The van der Waals surface area contributed by atoms with E-state index in [2.05, 4.69) is 10.0 Å². The Morgan fingerprint density at radius 3 is 2.57 bits per heavy atom. The lowest BCUT2D eigenvalue weighted by molar-refractivity contribution is 0.193. The summed E-state index contributed by atoms with van der Waals surface area (Å²) in [6, 6.07) is 2.11. The van der Waals surface area contributed by atoms with Crippen molar-refractivity contribution in [2.75, 3.05) is 27.3 Å². The molecular formula is C13H20F2N2O3S. The zero-order chi connectivity index (χ0) is 15.9. The summed E-state index contributed by atoms with van der Waals surface area (Å²) in [5.74, 6) is -2.54. The van der Waals surface area contributed by atoms with Crippen molar-refractivity contribution < 1.29 is 21.9 Å². The number of hydrogen-bond acceptors (Lipinski definition) is 4. The minimum Gasteiger partial charge on any atom is -0.385 e. The van der Waals surface area contributed by atoms with E-state index in [1.165, 1.54) is 0 Å². The van der Waals surface area contributed by atoms with Gasteiger partial charge < -0.3 is 10.1 Å². The first-order valence-electron chi connectivity index (χ1n) is 6.53. The van der Waals surface area contributed by atoms with Gasteiger partial charge in [-0.15, -0.1) is 0 Å². The molecule has 0 heterocycles. The van der Waals surface area contributed by atoms with Gasteiger partial charge >= 0.3 is 0 Å². The van der Waals surface area contributed by atoms with Crippen LogP contribution >= 0.6 is 0 Å². The molecule has 8 heteroatoms. The van der Waals surface area contributed by atoms with Crippen LogP contribution in [0.4, 0.5) is 8.78 Å². The van der Waals surface area contributed by atoms with E-state index in [-0.39, 0.29) is 13.1 Å². The molecule has 0 amide bonds. The second kappa shape index (κ2) is 8.38. The number of methoxy groups -OCH3 is 1. The topological polar surface area (TPSA) is 67.4 Å². The Hall–Kier alpha value is -1.09. The normalized spacial score (nSPS) is 11.8. The van der Waals surface area contributed by atoms with Gasteiger partial charge in [0.25, 0.3) is 0 Å². The number of rotatable bonds is 9. The Bertz CT molecular complexity index is 565. The van der Waals surface area contributed by atoms with E-state index in [1.54, 1.807) is 14.2 Å². The summed E-state index contributed by atoms with van der Waals surface area (Å²) in [6.45, 7) is 0.902. The molecule has 5 nitrogen and oxygen atoms in total. The Balaban J connectivity index is 2.86. The number of benzene rings is 1. The van der Waals surface area contributed by atoms with Crippen molar-refractivity contribution in [3.05, 3.63) is 29.3 Å². The number of hydrogen-bond donors (Lipinski definition) is 2. The first-order valence-corrected chi connectivity index (χ1v) is 8.01. The van der Waals surface area contributed by atoms with E-state index in [0.29, 0.717) is 25.0 Å². The summed E-state index contributed by atoms with van der Waals surface area (Å²) < 4.78 is 58.3. The van der Waals surface area contributed by atoms with Crippen LogP contribution in [0.15, 0.2) is 17.0 Å². The molecule has 0 unspecified atom stereocenters. The van der Waals surface area contributed by atoms with Crippen molar-refractivity contribution in [3.8, 4) is 0 Å². The van der Waals surface area contributed by atoms with Crippen LogP contribution in [-0.2, 0) is 21.3 Å². The zero-order valence-electron chi connectivity index (χ0n) is 12.1. The predicted octanol–water partition coefficient (Wildman–Crippen LogP) is 1.39. The highest BCUT2D eigenvalue weighted by Crippen LogP contribution is 2.19. The van der Waals surface area contributed by atoms with Gasteiger partial charge in [0.2, 0.25) is 10.0 Å². The van der Waals surface area contributed by atoms with Crippen LogP contribution in [-0.4, -0.2) is 35.7 Å². The van der Waals surface area contributed by atoms with Crippen LogP contribution < -0.4 is 10.0 Å². The molecule has 1 aromatic rings. The first-order chi connectivity index (χ1) is 9.92. The lowest BCUT2D eigenvalue weighted by Gasteiger charge is -2.10. The van der Waals surface area contributed by atoms with Gasteiger partial charge in [-0.3, -0.25) is 0 Å². The lowest BCUT2D eigenvalue weighted by Crippen LogP contribution is -2.26. The fraction of sp³-hybridized carbons (Fsp3) is 0.538. The van der Waals surface area contributed by atoms with Crippen molar-refractivity contribution in [2.45, 2.75) is 24.3 Å². The summed E-state index contributed by atoms with van der Waals surface area (Å²) in [4.78, 5) is -0.667. The van der Waals surface area contributed by atoms with Crippen LogP contribution in [0.3, 0.4) is 0 Å². The Morgan fingerprint density at radius 2 is 1.95 bits per heavy atom. The van der Waals surface area contributed by atoms with E-state index in [1.807, 2.05) is 0 Å². The highest BCUT2D eigenvalue weighted by Gasteiger charge is 2.22. The third kappa shape index (κ3) is 5.31. The quantitative estimate of drug-likeness (QED) is 0.674. The van der Waals surface area contributed by atoms with Gasteiger partial charge in [-0.1, -0.05) is 0 Å². The van der Waals surface area contributed by atoms with Crippen LogP contribution in [0, 0.1) is 11.6 Å². The summed E-state index contributed by atoms with van der Waals surface area (Å²) >= 11 is 0. The molecule has 2 N–H and O–H groups in total. The maximum Gasteiger partial charge on any atom is 0.243 e. The van der Waals surface area contributed by atoms with Gasteiger partial charge in [-0.2, -0.15) is 0 Å². The largest absolute Gasteiger partial charge is 0.385 e. The van der Waals surface area contributed by atoms with Crippen molar-refractivity contribution >= 4 is 10.0 Å². The molecule has 21 heavy (non-hydrogen) atoms. The van der Waals surface area contributed by atoms with Crippen molar-refractivity contribution in [2.24, 2.45) is 0 Å². The molecular weight excluding hydrogens is 302 g/mol.